The maximum absolute atomic E-state index is 9.86. The number of thioether (sulfide) groups is 1. The second-order valence-electron chi connectivity index (χ2n) is 3.61. The summed E-state index contributed by atoms with van der Waals surface area (Å²) >= 11 is 7.79. The molecule has 0 aliphatic heterocycles. The van der Waals surface area contributed by atoms with Crippen LogP contribution >= 0.6 is 43.6 Å². The van der Waals surface area contributed by atoms with Crippen molar-refractivity contribution in [3.8, 4) is 11.8 Å². The van der Waals surface area contributed by atoms with Gasteiger partial charge >= 0.3 is 0 Å². The number of aromatic nitrogens is 3. The Kier molecular flexibility index (Phi) is 5.60. The minimum Gasteiger partial charge on any atom is -0.506 e. The Balaban J connectivity index is 2.03. The number of H-pyrrole nitrogens is 1. The predicted molar refractivity (Wildman–Crippen MR) is 87.4 cm³/mol. The number of benzene rings is 1. The van der Waals surface area contributed by atoms with Crippen molar-refractivity contribution in [1.82, 2.24) is 15.2 Å². The molecule has 0 amide bonds. The Labute approximate surface area is 141 Å². The van der Waals surface area contributed by atoms with Crippen LogP contribution in [0.3, 0.4) is 0 Å². The number of hydrazone groups is 1. The van der Waals surface area contributed by atoms with Gasteiger partial charge in [-0.3, -0.25) is 0 Å². The second kappa shape index (κ2) is 7.44. The molecular weight excluding hydrogens is 424 g/mol. The third-order valence-electron chi connectivity index (χ3n) is 2.16. The second-order valence-corrected chi connectivity index (χ2v) is 6.32. The van der Waals surface area contributed by atoms with Crippen LogP contribution in [0.1, 0.15) is 5.56 Å². The lowest BCUT2D eigenvalue weighted by Gasteiger charge is -2.02. The summed E-state index contributed by atoms with van der Waals surface area (Å²) in [5.74, 6) is 0.715. The molecule has 0 saturated heterocycles. The number of phenols is 1. The zero-order valence-electron chi connectivity index (χ0n) is 10.3. The number of halogens is 2. The van der Waals surface area contributed by atoms with Crippen LogP contribution in [0.15, 0.2) is 31.3 Å². The van der Waals surface area contributed by atoms with Crippen molar-refractivity contribution in [1.29, 1.82) is 5.26 Å². The molecule has 21 heavy (non-hydrogen) atoms. The van der Waals surface area contributed by atoms with E-state index in [1.54, 1.807) is 12.1 Å². The third-order valence-corrected chi connectivity index (χ3v) is 3.94. The fourth-order valence-corrected chi connectivity index (χ4v) is 3.02. The van der Waals surface area contributed by atoms with E-state index >= 15 is 0 Å². The van der Waals surface area contributed by atoms with Gasteiger partial charge in [-0.05, 0) is 28.1 Å². The van der Waals surface area contributed by atoms with E-state index in [-0.39, 0.29) is 11.5 Å². The molecule has 3 N–H and O–H groups in total. The standard InChI is InChI=1S/C11H8Br2N6OS/c12-7-3-6(9(20)8(13)4-7)5-15-17-10-16-11(19-18-10)21-2-1-14/h3-5,20H,2H2,(H2,16,17,18,19)/b15-5-. The molecule has 0 bridgehead atoms. The van der Waals surface area contributed by atoms with Crippen LogP contribution in [0.25, 0.3) is 0 Å². The lowest BCUT2D eigenvalue weighted by Crippen LogP contribution is -1.93. The van der Waals surface area contributed by atoms with E-state index in [1.165, 1.54) is 18.0 Å². The molecule has 2 rings (SSSR count). The van der Waals surface area contributed by atoms with Crippen LogP contribution in [0.5, 0.6) is 5.75 Å². The summed E-state index contributed by atoms with van der Waals surface area (Å²) in [6, 6.07) is 5.44. The lowest BCUT2D eigenvalue weighted by atomic mass is 10.2. The van der Waals surface area contributed by atoms with Gasteiger partial charge in [-0.2, -0.15) is 15.3 Å². The number of hydrogen-bond donors (Lipinski definition) is 3. The highest BCUT2D eigenvalue weighted by Crippen LogP contribution is 2.30. The third kappa shape index (κ3) is 4.45. The summed E-state index contributed by atoms with van der Waals surface area (Å²) in [7, 11) is 0. The molecule has 108 valence electrons. The molecule has 10 heteroatoms. The van der Waals surface area contributed by atoms with Crippen molar-refractivity contribution >= 4 is 55.8 Å². The number of phenolic OH excluding ortho intramolecular Hbond substituents is 1. The van der Waals surface area contributed by atoms with E-state index < -0.39 is 0 Å². The smallest absolute Gasteiger partial charge is 0.240 e. The summed E-state index contributed by atoms with van der Waals surface area (Å²) in [5.41, 5.74) is 3.19. The van der Waals surface area contributed by atoms with Crippen molar-refractivity contribution in [2.24, 2.45) is 5.10 Å². The van der Waals surface area contributed by atoms with Crippen LogP contribution in [0.4, 0.5) is 5.95 Å². The molecule has 0 radical (unpaired) electrons. The largest absolute Gasteiger partial charge is 0.506 e. The van der Waals surface area contributed by atoms with Crippen molar-refractivity contribution < 1.29 is 5.11 Å². The fraction of sp³-hybridized carbons (Fsp3) is 0.0909. The van der Waals surface area contributed by atoms with Gasteiger partial charge in [-0.15, -0.1) is 5.10 Å². The minimum absolute atomic E-state index is 0.0894. The lowest BCUT2D eigenvalue weighted by molar-refractivity contribution is 0.471. The number of nitrogens with one attached hydrogen (secondary N) is 2. The van der Waals surface area contributed by atoms with Gasteiger partial charge in [0.2, 0.25) is 11.1 Å². The van der Waals surface area contributed by atoms with Gasteiger partial charge in [-0.1, -0.05) is 27.7 Å². The number of aromatic amines is 1. The summed E-state index contributed by atoms with van der Waals surface area (Å²) < 4.78 is 1.37. The zero-order chi connectivity index (χ0) is 15.2. The van der Waals surface area contributed by atoms with Crippen LogP contribution in [0, 0.1) is 11.3 Å². The first-order chi connectivity index (χ1) is 10.1. The van der Waals surface area contributed by atoms with Gasteiger partial charge in [-0.25, -0.2) is 10.5 Å². The Morgan fingerprint density at radius 1 is 1.52 bits per heavy atom. The zero-order valence-corrected chi connectivity index (χ0v) is 14.3. The molecule has 0 saturated carbocycles. The summed E-state index contributed by atoms with van der Waals surface area (Å²) in [5, 5.41) is 29.3. The molecular formula is C11H8Br2N6OS. The first-order valence-corrected chi connectivity index (χ1v) is 8.06. The number of nitriles is 1. The Morgan fingerprint density at radius 3 is 3.10 bits per heavy atom. The average molecular weight is 432 g/mol. The molecule has 0 aliphatic carbocycles. The highest BCUT2D eigenvalue weighted by molar-refractivity contribution is 9.11. The fourth-order valence-electron chi connectivity index (χ4n) is 1.31. The molecule has 0 spiro atoms. The SMILES string of the molecule is N#CCSc1n[nH]c(N/N=C\c2cc(Br)cc(Br)c2O)n1. The molecule has 1 aromatic carbocycles. The van der Waals surface area contributed by atoms with Crippen molar-refractivity contribution in [2.45, 2.75) is 5.16 Å². The first kappa shape index (κ1) is 15.8. The monoisotopic (exact) mass is 430 g/mol. The van der Waals surface area contributed by atoms with Gasteiger partial charge in [0.15, 0.2) is 0 Å². The van der Waals surface area contributed by atoms with Crippen LogP contribution in [0.2, 0.25) is 0 Å². The van der Waals surface area contributed by atoms with E-state index in [0.29, 0.717) is 21.1 Å². The maximum Gasteiger partial charge on any atom is 0.240 e. The van der Waals surface area contributed by atoms with Gasteiger partial charge in [0.1, 0.15) is 5.75 Å². The number of nitrogens with zero attached hydrogens (tertiary/aromatic N) is 4. The van der Waals surface area contributed by atoms with Gasteiger partial charge in [0, 0.05) is 10.0 Å². The topological polar surface area (TPSA) is 110 Å². The predicted octanol–water partition coefficient (Wildman–Crippen LogP) is 3.10. The van der Waals surface area contributed by atoms with Crippen molar-refractivity contribution in [3.63, 3.8) is 0 Å². The number of aromatic hydroxyl groups is 1. The molecule has 1 aromatic heterocycles. The van der Waals surface area contributed by atoms with Crippen molar-refractivity contribution in [2.75, 3.05) is 11.2 Å². The van der Waals surface area contributed by atoms with E-state index in [4.69, 9.17) is 5.26 Å². The number of rotatable bonds is 5. The van der Waals surface area contributed by atoms with E-state index in [9.17, 15) is 5.11 Å². The summed E-state index contributed by atoms with van der Waals surface area (Å²) in [4.78, 5) is 4.08. The van der Waals surface area contributed by atoms with Gasteiger partial charge in [0.25, 0.3) is 0 Å². The molecule has 0 atom stereocenters. The molecule has 2 aromatic rings. The van der Waals surface area contributed by atoms with Crippen LogP contribution in [-0.4, -0.2) is 32.3 Å². The molecule has 1 heterocycles. The summed E-state index contributed by atoms with van der Waals surface area (Å²) in [6.45, 7) is 0. The number of anilines is 1. The van der Waals surface area contributed by atoms with E-state index in [1.807, 2.05) is 6.07 Å². The highest BCUT2D eigenvalue weighted by atomic mass is 79.9. The Hall–Kier alpha value is -1.57. The first-order valence-electron chi connectivity index (χ1n) is 5.49. The minimum atomic E-state index is 0.0894. The molecule has 0 fully saturated rings. The molecule has 0 unspecified atom stereocenters. The van der Waals surface area contributed by atoms with Crippen LogP contribution < -0.4 is 5.43 Å². The maximum atomic E-state index is 9.86. The number of hydrogen-bond acceptors (Lipinski definition) is 7. The van der Waals surface area contributed by atoms with Crippen molar-refractivity contribution in [3.05, 3.63) is 26.6 Å². The Bertz CT molecular complexity index is 711. The van der Waals surface area contributed by atoms with Gasteiger partial charge < -0.3 is 5.11 Å². The van der Waals surface area contributed by atoms with Crippen LogP contribution in [-0.2, 0) is 0 Å². The van der Waals surface area contributed by atoms with Gasteiger partial charge in [0.05, 0.1) is 22.5 Å². The quantitative estimate of drug-likeness (QED) is 0.381. The molecule has 7 nitrogen and oxygen atoms in total. The normalized spacial score (nSPS) is 10.7. The average Bonchev–Trinajstić information content (AvgIpc) is 2.89. The Morgan fingerprint density at radius 2 is 2.33 bits per heavy atom. The van der Waals surface area contributed by atoms with E-state index in [2.05, 4.69) is 57.6 Å². The highest BCUT2D eigenvalue weighted by Gasteiger charge is 2.06. The van der Waals surface area contributed by atoms with E-state index in [0.717, 1.165) is 4.47 Å². The molecule has 0 aliphatic rings. The summed E-state index contributed by atoms with van der Waals surface area (Å²) in [6.07, 6.45) is 1.45.